The lowest BCUT2D eigenvalue weighted by atomic mass is 10.2. The van der Waals surface area contributed by atoms with E-state index in [0.717, 1.165) is 25.4 Å². The Bertz CT molecular complexity index is 230. The minimum Gasteiger partial charge on any atom is -0.377 e. The van der Waals surface area contributed by atoms with Crippen LogP contribution in [0.4, 0.5) is 0 Å². The van der Waals surface area contributed by atoms with Gasteiger partial charge in [-0.15, -0.1) is 0 Å². The molecule has 1 unspecified atom stereocenters. The van der Waals surface area contributed by atoms with Gasteiger partial charge in [0.25, 0.3) is 0 Å². The minimum atomic E-state index is 0.395. The average molecular weight is 182 g/mol. The van der Waals surface area contributed by atoms with Crippen LogP contribution in [0.5, 0.6) is 0 Å². The van der Waals surface area contributed by atoms with Gasteiger partial charge in [0.2, 0.25) is 0 Å². The third kappa shape index (κ3) is 2.50. The fraction of sp³-hybridized carbons (Fsp3) is 0.750. The molecule has 1 atom stereocenters. The van der Waals surface area contributed by atoms with Crippen molar-refractivity contribution >= 4 is 0 Å². The number of aromatic nitrogens is 3. The SMILES string of the molecule is c1n[nH]nc1CNCC1CCCO1. The molecule has 2 heterocycles. The van der Waals surface area contributed by atoms with Gasteiger partial charge in [-0.05, 0) is 12.8 Å². The summed E-state index contributed by atoms with van der Waals surface area (Å²) in [5, 5.41) is 13.5. The molecule has 0 spiro atoms. The van der Waals surface area contributed by atoms with E-state index < -0.39 is 0 Å². The third-order valence-electron chi connectivity index (χ3n) is 2.17. The Labute approximate surface area is 76.9 Å². The van der Waals surface area contributed by atoms with E-state index in [2.05, 4.69) is 20.7 Å². The van der Waals surface area contributed by atoms with Crippen molar-refractivity contribution in [1.82, 2.24) is 20.7 Å². The lowest BCUT2D eigenvalue weighted by Crippen LogP contribution is -2.25. The van der Waals surface area contributed by atoms with Gasteiger partial charge in [-0.2, -0.15) is 15.4 Å². The quantitative estimate of drug-likeness (QED) is 0.692. The summed E-state index contributed by atoms with van der Waals surface area (Å²) in [5.74, 6) is 0. The molecule has 1 saturated heterocycles. The Morgan fingerprint density at radius 3 is 3.38 bits per heavy atom. The fourth-order valence-corrected chi connectivity index (χ4v) is 1.48. The molecule has 0 amide bonds. The number of H-pyrrole nitrogens is 1. The van der Waals surface area contributed by atoms with Crippen molar-refractivity contribution in [3.8, 4) is 0 Å². The van der Waals surface area contributed by atoms with Crippen molar-refractivity contribution in [1.29, 1.82) is 0 Å². The number of hydrogen-bond donors (Lipinski definition) is 2. The van der Waals surface area contributed by atoms with E-state index in [4.69, 9.17) is 4.74 Å². The minimum absolute atomic E-state index is 0.395. The van der Waals surface area contributed by atoms with E-state index in [-0.39, 0.29) is 0 Å². The molecule has 1 aromatic rings. The van der Waals surface area contributed by atoms with Gasteiger partial charge in [-0.3, -0.25) is 0 Å². The molecule has 1 aliphatic rings. The van der Waals surface area contributed by atoms with Crippen LogP contribution in [-0.4, -0.2) is 34.7 Å². The van der Waals surface area contributed by atoms with Gasteiger partial charge in [-0.1, -0.05) is 0 Å². The molecule has 0 aromatic carbocycles. The Morgan fingerprint density at radius 1 is 1.69 bits per heavy atom. The van der Waals surface area contributed by atoms with E-state index in [1.165, 1.54) is 12.8 Å². The van der Waals surface area contributed by atoms with Crippen LogP contribution in [0, 0.1) is 0 Å². The summed E-state index contributed by atoms with van der Waals surface area (Å²) in [4.78, 5) is 0. The van der Waals surface area contributed by atoms with Crippen LogP contribution < -0.4 is 5.32 Å². The van der Waals surface area contributed by atoms with Gasteiger partial charge in [-0.25, -0.2) is 0 Å². The number of hydrogen-bond acceptors (Lipinski definition) is 4. The van der Waals surface area contributed by atoms with Crippen LogP contribution in [0.15, 0.2) is 6.20 Å². The average Bonchev–Trinajstić information content (AvgIpc) is 2.75. The molecule has 1 aliphatic heterocycles. The molecule has 5 heteroatoms. The molecule has 1 fully saturated rings. The number of aromatic amines is 1. The highest BCUT2D eigenvalue weighted by atomic mass is 16.5. The van der Waals surface area contributed by atoms with Crippen LogP contribution in [-0.2, 0) is 11.3 Å². The molecule has 13 heavy (non-hydrogen) atoms. The highest BCUT2D eigenvalue weighted by molar-refractivity contribution is 4.89. The monoisotopic (exact) mass is 182 g/mol. The highest BCUT2D eigenvalue weighted by Crippen LogP contribution is 2.10. The van der Waals surface area contributed by atoms with Crippen molar-refractivity contribution in [3.63, 3.8) is 0 Å². The highest BCUT2D eigenvalue weighted by Gasteiger charge is 2.14. The summed E-state index contributed by atoms with van der Waals surface area (Å²) in [6, 6.07) is 0. The third-order valence-corrected chi connectivity index (χ3v) is 2.17. The van der Waals surface area contributed by atoms with Crippen LogP contribution in [0.1, 0.15) is 18.5 Å². The summed E-state index contributed by atoms with van der Waals surface area (Å²) in [6.07, 6.45) is 4.48. The Kier molecular flexibility index (Phi) is 2.89. The molecular formula is C8H14N4O. The summed E-state index contributed by atoms with van der Waals surface area (Å²) in [5.41, 5.74) is 0.943. The molecule has 2 N–H and O–H groups in total. The normalized spacial score (nSPS) is 22.3. The van der Waals surface area contributed by atoms with Crippen molar-refractivity contribution in [2.24, 2.45) is 0 Å². The number of nitrogens with zero attached hydrogens (tertiary/aromatic N) is 2. The molecule has 0 radical (unpaired) electrons. The second-order valence-electron chi connectivity index (χ2n) is 3.23. The van der Waals surface area contributed by atoms with Crippen molar-refractivity contribution in [2.45, 2.75) is 25.5 Å². The van der Waals surface area contributed by atoms with Crippen molar-refractivity contribution in [2.75, 3.05) is 13.2 Å². The van der Waals surface area contributed by atoms with Gasteiger partial charge < -0.3 is 10.1 Å². The van der Waals surface area contributed by atoms with Crippen LogP contribution in [0.2, 0.25) is 0 Å². The molecular weight excluding hydrogens is 168 g/mol. The molecule has 0 bridgehead atoms. The zero-order valence-electron chi connectivity index (χ0n) is 7.49. The smallest absolute Gasteiger partial charge is 0.0962 e. The lowest BCUT2D eigenvalue weighted by Gasteiger charge is -2.08. The summed E-state index contributed by atoms with van der Waals surface area (Å²) >= 11 is 0. The standard InChI is InChI=1S/C8H14N4O/c1-2-8(13-3-1)6-9-4-7-5-10-12-11-7/h5,8-9H,1-4,6H2,(H,10,11,12). The molecule has 5 nitrogen and oxygen atoms in total. The van der Waals surface area contributed by atoms with Gasteiger partial charge in [0.05, 0.1) is 18.0 Å². The van der Waals surface area contributed by atoms with Crippen LogP contribution in [0.25, 0.3) is 0 Å². The zero-order chi connectivity index (χ0) is 8.93. The fourth-order valence-electron chi connectivity index (χ4n) is 1.48. The summed E-state index contributed by atoms with van der Waals surface area (Å²) in [6.45, 7) is 2.58. The predicted octanol–water partition coefficient (Wildman–Crippen LogP) is 0.0733. The topological polar surface area (TPSA) is 62.8 Å². The molecule has 1 aromatic heterocycles. The van der Waals surface area contributed by atoms with Crippen molar-refractivity contribution < 1.29 is 4.74 Å². The van der Waals surface area contributed by atoms with Crippen LogP contribution >= 0.6 is 0 Å². The van der Waals surface area contributed by atoms with E-state index in [9.17, 15) is 0 Å². The van der Waals surface area contributed by atoms with Gasteiger partial charge >= 0.3 is 0 Å². The number of ether oxygens (including phenoxy) is 1. The zero-order valence-corrected chi connectivity index (χ0v) is 7.49. The first-order valence-electron chi connectivity index (χ1n) is 4.62. The number of nitrogens with one attached hydrogen (secondary N) is 2. The Balaban J connectivity index is 1.63. The maximum atomic E-state index is 5.47. The molecule has 0 saturated carbocycles. The first kappa shape index (κ1) is 8.65. The van der Waals surface area contributed by atoms with Gasteiger partial charge in [0.1, 0.15) is 0 Å². The van der Waals surface area contributed by atoms with E-state index >= 15 is 0 Å². The Morgan fingerprint density at radius 2 is 2.69 bits per heavy atom. The Hall–Kier alpha value is -0.940. The van der Waals surface area contributed by atoms with E-state index in [1.807, 2.05) is 0 Å². The summed E-state index contributed by atoms with van der Waals surface area (Å²) < 4.78 is 5.47. The summed E-state index contributed by atoms with van der Waals surface area (Å²) in [7, 11) is 0. The molecule has 0 aliphatic carbocycles. The van der Waals surface area contributed by atoms with Crippen molar-refractivity contribution in [3.05, 3.63) is 11.9 Å². The molecule has 2 rings (SSSR count). The van der Waals surface area contributed by atoms with Gasteiger partial charge in [0.15, 0.2) is 0 Å². The van der Waals surface area contributed by atoms with E-state index in [0.29, 0.717) is 6.10 Å². The number of rotatable bonds is 4. The predicted molar refractivity (Wildman–Crippen MR) is 47.1 cm³/mol. The lowest BCUT2D eigenvalue weighted by molar-refractivity contribution is 0.110. The van der Waals surface area contributed by atoms with E-state index in [1.54, 1.807) is 6.20 Å². The maximum absolute atomic E-state index is 5.47. The first-order valence-corrected chi connectivity index (χ1v) is 4.62. The van der Waals surface area contributed by atoms with Crippen LogP contribution in [0.3, 0.4) is 0 Å². The second kappa shape index (κ2) is 4.34. The first-order chi connectivity index (χ1) is 6.45. The maximum Gasteiger partial charge on any atom is 0.0962 e. The second-order valence-corrected chi connectivity index (χ2v) is 3.23. The van der Waals surface area contributed by atoms with Gasteiger partial charge in [0, 0.05) is 19.7 Å². The largest absolute Gasteiger partial charge is 0.377 e. The molecule has 72 valence electrons.